The number of nitrogens with zero attached hydrogens (tertiary/aromatic N) is 1. The maximum absolute atomic E-state index is 11.2. The van der Waals surface area contributed by atoms with E-state index in [1.54, 1.807) is 6.20 Å². The number of aliphatic hydroxyl groups excluding tert-OH is 1. The van der Waals surface area contributed by atoms with Crippen LogP contribution in [0, 0.1) is 6.92 Å². The standard InChI is InChI=1S/C30H40N2O6.C12H17N3O2.CH4O/c1-32-29(12-14-33)25-8-6-24(7-9-25)26-10-11-30(28-5-3-2-4-27(26)28)38-23-22-37-21-20-36-19-18-35-17-16-34-15-13-31;1-10-4-6-14-11(9-10)13-5-2-3-12(17)15-7-8-16;1-2/h2-11,14,29,32H,12-13,15-23,31H2,1H3;4,6,8-9H,2-3,5,7H2,1H3,(H,13,14)(H,15,17);2H,1H3. The van der Waals surface area contributed by atoms with Crippen LogP contribution >= 0.6 is 0 Å². The summed E-state index contributed by atoms with van der Waals surface area (Å²) in [7, 11) is 2.87. The summed E-state index contributed by atoms with van der Waals surface area (Å²) in [6.07, 6.45) is 4.93. The number of pyridine rings is 1. The maximum Gasteiger partial charge on any atom is 0.220 e. The first kappa shape index (κ1) is 48.3. The minimum absolute atomic E-state index is 0.0223. The fourth-order valence-corrected chi connectivity index (χ4v) is 5.46. The van der Waals surface area contributed by atoms with E-state index in [9.17, 15) is 14.4 Å². The molecule has 3 aromatic carbocycles. The smallest absolute Gasteiger partial charge is 0.220 e. The van der Waals surface area contributed by atoms with Gasteiger partial charge < -0.3 is 60.1 Å². The molecule has 14 heteroatoms. The van der Waals surface area contributed by atoms with Crippen LogP contribution in [0.1, 0.15) is 36.4 Å². The third kappa shape index (κ3) is 19.8. The number of rotatable bonds is 27. The lowest BCUT2D eigenvalue weighted by atomic mass is 9.95. The Labute approximate surface area is 336 Å². The van der Waals surface area contributed by atoms with Crippen molar-refractivity contribution in [1.29, 1.82) is 0 Å². The minimum Gasteiger partial charge on any atom is -0.491 e. The van der Waals surface area contributed by atoms with Crippen LogP contribution in [0.5, 0.6) is 5.75 Å². The molecular weight excluding hydrogens is 730 g/mol. The number of ether oxygens (including phenoxy) is 5. The molecule has 0 fully saturated rings. The van der Waals surface area contributed by atoms with E-state index in [0.717, 1.165) is 58.0 Å². The molecule has 0 spiro atoms. The fraction of sp³-hybridized carbons (Fsp3) is 0.442. The highest BCUT2D eigenvalue weighted by atomic mass is 16.6. The van der Waals surface area contributed by atoms with Crippen molar-refractivity contribution >= 4 is 35.1 Å². The van der Waals surface area contributed by atoms with Gasteiger partial charge in [0.15, 0.2) is 0 Å². The van der Waals surface area contributed by atoms with Crippen LogP contribution in [0.2, 0.25) is 0 Å². The summed E-state index contributed by atoms with van der Waals surface area (Å²) in [4.78, 5) is 36.3. The molecule has 1 atom stereocenters. The fourth-order valence-electron chi connectivity index (χ4n) is 5.46. The molecule has 0 saturated carbocycles. The summed E-state index contributed by atoms with van der Waals surface area (Å²) in [5.74, 6) is 1.55. The Balaban J connectivity index is 0.000000493. The number of aryl methyl sites for hydroxylation is 1. The largest absolute Gasteiger partial charge is 0.491 e. The van der Waals surface area contributed by atoms with Crippen molar-refractivity contribution < 1.29 is 43.2 Å². The zero-order chi connectivity index (χ0) is 41.4. The first-order chi connectivity index (χ1) is 28.0. The Hall–Kier alpha value is -4.80. The summed E-state index contributed by atoms with van der Waals surface area (Å²) < 4.78 is 27.8. The number of aliphatic hydroxyl groups is 1. The first-order valence-corrected chi connectivity index (χ1v) is 19.2. The third-order valence-corrected chi connectivity index (χ3v) is 8.24. The molecule has 1 aromatic heterocycles. The molecule has 312 valence electrons. The first-order valence-electron chi connectivity index (χ1n) is 19.2. The molecule has 57 heavy (non-hydrogen) atoms. The van der Waals surface area contributed by atoms with Crippen molar-refractivity contribution in [3.63, 3.8) is 0 Å². The highest BCUT2D eigenvalue weighted by Crippen LogP contribution is 2.35. The second-order valence-electron chi connectivity index (χ2n) is 12.3. The van der Waals surface area contributed by atoms with Gasteiger partial charge in [-0.25, -0.2) is 4.98 Å². The highest BCUT2D eigenvalue weighted by Gasteiger charge is 2.12. The van der Waals surface area contributed by atoms with Crippen LogP contribution in [0.15, 0.2) is 79.0 Å². The van der Waals surface area contributed by atoms with Gasteiger partial charge in [0, 0.05) is 50.7 Å². The summed E-state index contributed by atoms with van der Waals surface area (Å²) in [6, 6.07) is 24.6. The molecule has 4 rings (SSSR count). The second kappa shape index (κ2) is 31.3. The van der Waals surface area contributed by atoms with Crippen LogP contribution in [0.4, 0.5) is 5.82 Å². The monoisotopic (exact) mass is 791 g/mol. The van der Waals surface area contributed by atoms with E-state index in [1.165, 1.54) is 0 Å². The minimum atomic E-state index is -0.101. The molecule has 0 aliphatic rings. The molecule has 0 aliphatic carbocycles. The van der Waals surface area contributed by atoms with E-state index in [4.69, 9.17) is 34.5 Å². The van der Waals surface area contributed by atoms with Gasteiger partial charge in [0.2, 0.25) is 5.91 Å². The van der Waals surface area contributed by atoms with Gasteiger partial charge >= 0.3 is 0 Å². The molecule has 0 radical (unpaired) electrons. The molecule has 1 heterocycles. The topological polar surface area (TPSA) is 193 Å². The molecule has 1 amide bonds. The summed E-state index contributed by atoms with van der Waals surface area (Å²) in [5, 5.41) is 18.0. The maximum atomic E-state index is 11.2. The number of amides is 1. The number of nitrogens with two attached hydrogens (primary N) is 1. The Morgan fingerprint density at radius 3 is 2.04 bits per heavy atom. The molecule has 14 nitrogen and oxygen atoms in total. The molecule has 4 aromatic rings. The van der Waals surface area contributed by atoms with E-state index >= 15 is 0 Å². The zero-order valence-corrected chi connectivity index (χ0v) is 33.6. The number of carbonyl (C=O) groups is 3. The van der Waals surface area contributed by atoms with Crippen LogP contribution in [0.3, 0.4) is 0 Å². The van der Waals surface area contributed by atoms with E-state index < -0.39 is 0 Å². The molecular formula is C43H61N5O9. The van der Waals surface area contributed by atoms with Gasteiger partial charge in [-0.15, -0.1) is 0 Å². The Morgan fingerprint density at radius 2 is 1.44 bits per heavy atom. The van der Waals surface area contributed by atoms with Crippen LogP contribution in [-0.2, 0) is 33.3 Å². The SMILES string of the molecule is CNC(CC=O)c1ccc(-c2ccc(OCCOCCOCCOCCOCCN)c3ccccc23)cc1.CO.Cc1ccnc(NCCCC(=O)NCC=O)c1. The molecule has 0 aliphatic heterocycles. The summed E-state index contributed by atoms with van der Waals surface area (Å²) in [5.41, 5.74) is 9.84. The summed E-state index contributed by atoms with van der Waals surface area (Å²) >= 11 is 0. The zero-order valence-electron chi connectivity index (χ0n) is 33.6. The summed E-state index contributed by atoms with van der Waals surface area (Å²) in [6.45, 7) is 7.92. The van der Waals surface area contributed by atoms with E-state index in [1.807, 2.05) is 44.3 Å². The predicted molar refractivity (Wildman–Crippen MR) is 224 cm³/mol. The van der Waals surface area contributed by atoms with Gasteiger partial charge in [-0.3, -0.25) is 4.79 Å². The van der Waals surface area contributed by atoms with Crippen molar-refractivity contribution in [2.75, 3.05) is 98.6 Å². The number of aldehydes is 2. The van der Waals surface area contributed by atoms with Gasteiger partial charge in [-0.05, 0) is 66.2 Å². The quantitative estimate of drug-likeness (QED) is 0.0426. The number of anilines is 1. The normalized spacial score (nSPS) is 11.0. The van der Waals surface area contributed by atoms with Crippen molar-refractivity contribution in [1.82, 2.24) is 15.6 Å². The molecule has 6 N–H and O–H groups in total. The van der Waals surface area contributed by atoms with Crippen molar-refractivity contribution in [3.05, 3.63) is 90.1 Å². The number of hydrogen-bond donors (Lipinski definition) is 5. The molecule has 1 unspecified atom stereocenters. The lowest BCUT2D eigenvalue weighted by Crippen LogP contribution is -2.25. The average molecular weight is 792 g/mol. The van der Waals surface area contributed by atoms with Crippen LogP contribution < -0.4 is 26.4 Å². The number of aromatic nitrogens is 1. The number of hydrogen-bond acceptors (Lipinski definition) is 13. The Kier molecular flexibility index (Phi) is 26.6. The number of benzene rings is 3. The number of carbonyl (C=O) groups excluding carboxylic acids is 3. The van der Waals surface area contributed by atoms with Crippen molar-refractivity contribution in [3.8, 4) is 16.9 Å². The number of fused-ring (bicyclic) bond motifs is 1. The van der Waals surface area contributed by atoms with Gasteiger partial charge in [0.1, 0.15) is 30.7 Å². The van der Waals surface area contributed by atoms with Crippen LogP contribution in [-0.4, -0.2) is 122 Å². The van der Waals surface area contributed by atoms with Crippen molar-refractivity contribution in [2.45, 2.75) is 32.2 Å². The van der Waals surface area contributed by atoms with Gasteiger partial charge in [0.05, 0.1) is 59.4 Å². The lowest BCUT2D eigenvalue weighted by molar-refractivity contribution is -0.122. The van der Waals surface area contributed by atoms with E-state index in [-0.39, 0.29) is 18.5 Å². The predicted octanol–water partition coefficient (Wildman–Crippen LogP) is 4.27. The second-order valence-corrected chi connectivity index (χ2v) is 12.3. The van der Waals surface area contributed by atoms with E-state index in [0.29, 0.717) is 98.1 Å². The van der Waals surface area contributed by atoms with Crippen molar-refractivity contribution in [2.24, 2.45) is 5.73 Å². The third-order valence-electron chi connectivity index (χ3n) is 8.24. The molecule has 0 saturated heterocycles. The Morgan fingerprint density at radius 1 is 0.807 bits per heavy atom. The molecule has 0 bridgehead atoms. The van der Waals surface area contributed by atoms with Gasteiger partial charge in [-0.2, -0.15) is 0 Å². The average Bonchev–Trinajstić information content (AvgIpc) is 3.24. The number of nitrogens with one attached hydrogen (secondary N) is 3. The van der Waals surface area contributed by atoms with Gasteiger partial charge in [-0.1, -0.05) is 54.6 Å². The Bertz CT molecular complexity index is 1680. The lowest BCUT2D eigenvalue weighted by Gasteiger charge is -2.16. The van der Waals surface area contributed by atoms with Crippen LogP contribution in [0.25, 0.3) is 21.9 Å². The van der Waals surface area contributed by atoms with Gasteiger partial charge in [0.25, 0.3) is 0 Å². The van der Waals surface area contributed by atoms with E-state index in [2.05, 4.69) is 63.4 Å². The highest BCUT2D eigenvalue weighted by molar-refractivity contribution is 6.00.